The lowest BCUT2D eigenvalue weighted by molar-refractivity contribution is -0.144. The Morgan fingerprint density at radius 3 is 2.67 bits per heavy atom. The van der Waals surface area contributed by atoms with Crippen molar-refractivity contribution in [3.05, 3.63) is 29.8 Å². The largest absolute Gasteiger partial charge is 0.469 e. The molecule has 0 spiro atoms. The summed E-state index contributed by atoms with van der Waals surface area (Å²) in [4.78, 5) is 11.6. The first-order chi connectivity index (χ1) is 9.98. The van der Waals surface area contributed by atoms with Gasteiger partial charge in [-0.15, -0.1) is 0 Å². The van der Waals surface area contributed by atoms with Crippen LogP contribution < -0.4 is 0 Å². The van der Waals surface area contributed by atoms with Crippen molar-refractivity contribution in [1.82, 2.24) is 4.31 Å². The van der Waals surface area contributed by atoms with Crippen LogP contribution in [0.1, 0.15) is 12.0 Å². The number of hydrogen-bond donors (Lipinski definition) is 0. The molecule has 7 heteroatoms. The molecule has 1 aromatic carbocycles. The van der Waals surface area contributed by atoms with Crippen LogP contribution in [0.2, 0.25) is 0 Å². The van der Waals surface area contributed by atoms with Gasteiger partial charge in [0.2, 0.25) is 10.0 Å². The lowest BCUT2D eigenvalue weighted by atomic mass is 10.1. The van der Waals surface area contributed by atoms with Gasteiger partial charge in [0.05, 0.1) is 30.4 Å². The van der Waals surface area contributed by atoms with Crippen molar-refractivity contribution in [2.24, 2.45) is 5.92 Å². The smallest absolute Gasteiger partial charge is 0.310 e. The number of methoxy groups -OCH3 is 1. The zero-order valence-corrected chi connectivity index (χ0v) is 12.5. The van der Waals surface area contributed by atoms with Crippen molar-refractivity contribution >= 4 is 16.0 Å². The maximum absolute atomic E-state index is 12.5. The molecule has 1 atom stereocenters. The van der Waals surface area contributed by atoms with E-state index >= 15 is 0 Å². The van der Waals surface area contributed by atoms with Crippen molar-refractivity contribution in [2.75, 3.05) is 20.2 Å². The summed E-state index contributed by atoms with van der Waals surface area (Å²) in [6.07, 6.45) is 0.715. The fourth-order valence-corrected chi connectivity index (χ4v) is 3.83. The third-order valence-corrected chi connectivity index (χ3v) is 5.41. The van der Waals surface area contributed by atoms with Crippen LogP contribution in [0.4, 0.5) is 0 Å². The van der Waals surface area contributed by atoms with Crippen LogP contribution in [0.5, 0.6) is 0 Å². The van der Waals surface area contributed by atoms with Gasteiger partial charge in [0.15, 0.2) is 0 Å². The van der Waals surface area contributed by atoms with E-state index < -0.39 is 15.9 Å². The van der Waals surface area contributed by atoms with Crippen LogP contribution in [0.3, 0.4) is 0 Å². The maximum Gasteiger partial charge on any atom is 0.310 e. The SMILES string of the molecule is COC(=O)C1CCN(S(=O)(=O)c2ccc(CC#N)cc2)C1. The van der Waals surface area contributed by atoms with Gasteiger partial charge in [0, 0.05) is 13.1 Å². The Labute approximate surface area is 124 Å². The molecule has 112 valence electrons. The first kappa shape index (κ1) is 15.5. The highest BCUT2D eigenvalue weighted by atomic mass is 32.2. The van der Waals surface area contributed by atoms with Crippen molar-refractivity contribution in [3.63, 3.8) is 0 Å². The molecule has 1 aliphatic heterocycles. The molecule has 1 aliphatic rings. The molecule has 0 N–H and O–H groups in total. The molecule has 1 saturated heterocycles. The van der Waals surface area contributed by atoms with E-state index in [0.29, 0.717) is 13.0 Å². The van der Waals surface area contributed by atoms with Gasteiger partial charge < -0.3 is 4.74 Å². The van der Waals surface area contributed by atoms with Crippen LogP contribution in [-0.2, 0) is 26.0 Å². The Morgan fingerprint density at radius 2 is 2.10 bits per heavy atom. The number of nitriles is 1. The molecule has 1 heterocycles. The molecular weight excluding hydrogens is 292 g/mol. The predicted octanol–water partition coefficient (Wildman–Crippen LogP) is 0.936. The number of benzene rings is 1. The molecule has 0 aliphatic carbocycles. The Morgan fingerprint density at radius 1 is 1.43 bits per heavy atom. The van der Waals surface area contributed by atoms with Gasteiger partial charge >= 0.3 is 5.97 Å². The highest BCUT2D eigenvalue weighted by Crippen LogP contribution is 2.25. The minimum atomic E-state index is -3.60. The standard InChI is InChI=1S/C14H16N2O4S/c1-20-14(17)12-7-9-16(10-12)21(18,19)13-4-2-11(3-5-13)6-8-15/h2-5,12H,6-7,9-10H2,1H3. The average Bonchev–Trinajstić information content (AvgIpc) is 2.98. The number of sulfonamides is 1. The summed E-state index contributed by atoms with van der Waals surface area (Å²) < 4.78 is 30.9. The molecule has 0 amide bonds. The summed E-state index contributed by atoms with van der Waals surface area (Å²) >= 11 is 0. The van der Waals surface area contributed by atoms with Gasteiger partial charge in [-0.1, -0.05) is 12.1 Å². The van der Waals surface area contributed by atoms with E-state index in [1.165, 1.54) is 23.5 Å². The van der Waals surface area contributed by atoms with E-state index in [2.05, 4.69) is 4.74 Å². The van der Waals surface area contributed by atoms with Crippen LogP contribution in [0, 0.1) is 17.2 Å². The number of esters is 1. The first-order valence-electron chi connectivity index (χ1n) is 6.53. The number of rotatable bonds is 4. The van der Waals surface area contributed by atoms with E-state index in [-0.39, 0.29) is 23.8 Å². The maximum atomic E-state index is 12.5. The van der Waals surface area contributed by atoms with Gasteiger partial charge in [-0.2, -0.15) is 9.57 Å². The molecule has 1 aromatic rings. The van der Waals surface area contributed by atoms with Crippen LogP contribution >= 0.6 is 0 Å². The second-order valence-electron chi connectivity index (χ2n) is 4.85. The minimum Gasteiger partial charge on any atom is -0.469 e. The molecule has 0 radical (unpaired) electrons. The van der Waals surface area contributed by atoms with Crippen LogP contribution in [0.15, 0.2) is 29.2 Å². The summed E-state index contributed by atoms with van der Waals surface area (Å²) in [7, 11) is -2.30. The normalized spacial score (nSPS) is 19.1. The van der Waals surface area contributed by atoms with Gasteiger partial charge in [-0.25, -0.2) is 8.42 Å². The molecule has 6 nitrogen and oxygen atoms in total. The third-order valence-electron chi connectivity index (χ3n) is 3.53. The van der Waals surface area contributed by atoms with Gasteiger partial charge in [-0.05, 0) is 24.1 Å². The zero-order chi connectivity index (χ0) is 15.5. The molecule has 0 bridgehead atoms. The molecule has 2 rings (SSSR count). The van der Waals surface area contributed by atoms with Crippen LogP contribution in [-0.4, -0.2) is 38.9 Å². The van der Waals surface area contributed by atoms with Crippen LogP contribution in [0.25, 0.3) is 0 Å². The molecule has 0 saturated carbocycles. The first-order valence-corrected chi connectivity index (χ1v) is 7.97. The second-order valence-corrected chi connectivity index (χ2v) is 6.79. The highest BCUT2D eigenvalue weighted by molar-refractivity contribution is 7.89. The lowest BCUT2D eigenvalue weighted by Gasteiger charge is -2.16. The van der Waals surface area contributed by atoms with Gasteiger partial charge in [0.25, 0.3) is 0 Å². The van der Waals surface area contributed by atoms with Crippen molar-refractivity contribution in [2.45, 2.75) is 17.7 Å². The Hall–Kier alpha value is -1.91. The van der Waals surface area contributed by atoms with Gasteiger partial charge in [-0.3, -0.25) is 4.79 Å². The fraction of sp³-hybridized carbons (Fsp3) is 0.429. The second kappa shape index (κ2) is 6.24. The van der Waals surface area contributed by atoms with Crippen molar-refractivity contribution < 1.29 is 17.9 Å². The van der Waals surface area contributed by atoms with Crippen molar-refractivity contribution in [3.8, 4) is 6.07 Å². The van der Waals surface area contributed by atoms with E-state index in [9.17, 15) is 13.2 Å². The molecule has 0 aromatic heterocycles. The fourth-order valence-electron chi connectivity index (χ4n) is 2.33. The Kier molecular flexibility index (Phi) is 4.60. The minimum absolute atomic E-state index is 0.148. The summed E-state index contributed by atoms with van der Waals surface area (Å²) in [5.74, 6) is -0.778. The topological polar surface area (TPSA) is 87.5 Å². The number of carbonyl (C=O) groups excluding carboxylic acids is 1. The number of ether oxygens (including phenoxy) is 1. The number of hydrogen-bond acceptors (Lipinski definition) is 5. The number of carbonyl (C=O) groups is 1. The Bertz CT molecular complexity index is 661. The quantitative estimate of drug-likeness (QED) is 0.772. The van der Waals surface area contributed by atoms with Gasteiger partial charge in [0.1, 0.15) is 0 Å². The zero-order valence-electron chi connectivity index (χ0n) is 11.7. The highest BCUT2D eigenvalue weighted by Gasteiger charge is 2.36. The summed E-state index contributed by atoms with van der Waals surface area (Å²) in [5.41, 5.74) is 0.769. The predicted molar refractivity (Wildman–Crippen MR) is 74.6 cm³/mol. The summed E-state index contributed by atoms with van der Waals surface area (Å²) in [6, 6.07) is 8.26. The number of nitrogens with zero attached hydrogens (tertiary/aromatic N) is 2. The van der Waals surface area contributed by atoms with E-state index in [0.717, 1.165) is 5.56 Å². The van der Waals surface area contributed by atoms with E-state index in [1.54, 1.807) is 12.1 Å². The average molecular weight is 308 g/mol. The van der Waals surface area contributed by atoms with E-state index in [1.807, 2.05) is 6.07 Å². The molecule has 1 fully saturated rings. The Balaban J connectivity index is 2.15. The summed E-state index contributed by atoms with van der Waals surface area (Å²) in [5, 5.41) is 8.61. The van der Waals surface area contributed by atoms with Crippen molar-refractivity contribution in [1.29, 1.82) is 5.26 Å². The molecule has 1 unspecified atom stereocenters. The lowest BCUT2D eigenvalue weighted by Crippen LogP contribution is -2.30. The summed E-state index contributed by atoms with van der Waals surface area (Å²) in [6.45, 7) is 0.455. The molecular formula is C14H16N2O4S. The monoisotopic (exact) mass is 308 g/mol. The van der Waals surface area contributed by atoms with E-state index in [4.69, 9.17) is 5.26 Å². The third kappa shape index (κ3) is 3.23. The molecule has 21 heavy (non-hydrogen) atoms.